The first kappa shape index (κ1) is 17.3. The first-order valence-corrected chi connectivity index (χ1v) is 8.65. The van der Waals surface area contributed by atoms with Crippen LogP contribution in [0.25, 0.3) is 11.1 Å². The maximum Gasteiger partial charge on any atom is 0.224 e. The molecule has 1 fully saturated rings. The molecule has 0 atom stereocenters. The van der Waals surface area contributed by atoms with Gasteiger partial charge in [-0.3, -0.25) is 4.79 Å². The highest BCUT2D eigenvalue weighted by atomic mass is 16.5. The van der Waals surface area contributed by atoms with Crippen molar-refractivity contribution in [3.8, 4) is 22.6 Å². The molecule has 1 amide bonds. The number of anilines is 1. The number of hydrogen-bond acceptors (Lipinski definition) is 3. The molecular weight excluding hydrogens is 314 g/mol. The van der Waals surface area contributed by atoms with Crippen molar-refractivity contribution in [1.82, 2.24) is 0 Å². The van der Waals surface area contributed by atoms with Crippen LogP contribution in [0.1, 0.15) is 31.2 Å². The number of ether oxygens (including phenoxy) is 2. The molecule has 0 heterocycles. The maximum atomic E-state index is 11.1. The molecule has 1 N–H and O–H groups in total. The summed E-state index contributed by atoms with van der Waals surface area (Å²) < 4.78 is 11.6. The first-order chi connectivity index (χ1) is 12.1. The summed E-state index contributed by atoms with van der Waals surface area (Å²) in [4.78, 5) is 11.1. The molecule has 0 aromatic heterocycles. The Kier molecular flexibility index (Phi) is 5.27. The van der Waals surface area contributed by atoms with Gasteiger partial charge in [0.05, 0.1) is 13.2 Å². The zero-order valence-electron chi connectivity index (χ0n) is 14.8. The molecule has 4 heteroatoms. The van der Waals surface area contributed by atoms with E-state index in [2.05, 4.69) is 12.2 Å². The van der Waals surface area contributed by atoms with Crippen LogP contribution in [0.5, 0.6) is 11.5 Å². The van der Waals surface area contributed by atoms with Crippen molar-refractivity contribution in [3.05, 3.63) is 48.9 Å². The number of amides is 1. The van der Waals surface area contributed by atoms with Gasteiger partial charge in [0.1, 0.15) is 0 Å². The van der Waals surface area contributed by atoms with E-state index < -0.39 is 0 Å². The molecule has 131 valence electrons. The van der Waals surface area contributed by atoms with Crippen LogP contribution in [0, 0.1) is 13.8 Å². The summed E-state index contributed by atoms with van der Waals surface area (Å²) in [6.07, 6.45) is 4.94. The Hall–Kier alpha value is -2.49. The zero-order valence-corrected chi connectivity index (χ0v) is 14.8. The van der Waals surface area contributed by atoms with Crippen molar-refractivity contribution < 1.29 is 14.3 Å². The molecule has 3 rings (SSSR count). The summed E-state index contributed by atoms with van der Waals surface area (Å²) in [5.41, 5.74) is 3.99. The topological polar surface area (TPSA) is 47.6 Å². The van der Waals surface area contributed by atoms with Gasteiger partial charge in [-0.2, -0.15) is 0 Å². The van der Waals surface area contributed by atoms with Crippen molar-refractivity contribution in [2.75, 3.05) is 12.4 Å². The predicted octanol–water partition coefficient (Wildman–Crippen LogP) is 4.76. The average molecular weight is 338 g/mol. The van der Waals surface area contributed by atoms with Gasteiger partial charge in [-0.05, 0) is 73.6 Å². The van der Waals surface area contributed by atoms with Crippen molar-refractivity contribution in [2.45, 2.75) is 38.7 Å². The van der Waals surface area contributed by atoms with Gasteiger partial charge < -0.3 is 14.8 Å². The lowest BCUT2D eigenvalue weighted by Crippen LogP contribution is -2.11. The molecule has 2 aromatic carbocycles. The lowest BCUT2D eigenvalue weighted by atomic mass is 9.99. The second-order valence-corrected chi connectivity index (χ2v) is 6.47. The van der Waals surface area contributed by atoms with E-state index in [1.54, 1.807) is 7.11 Å². The van der Waals surface area contributed by atoms with Crippen molar-refractivity contribution in [1.29, 1.82) is 0 Å². The molecule has 25 heavy (non-hydrogen) atoms. The van der Waals surface area contributed by atoms with E-state index in [1.165, 1.54) is 12.8 Å². The number of benzene rings is 2. The highest BCUT2D eigenvalue weighted by Gasteiger charge is 2.19. The molecule has 2 aromatic rings. The molecule has 0 unspecified atom stereocenters. The maximum absolute atomic E-state index is 11.1. The molecule has 1 aliphatic carbocycles. The number of carbonyl (C=O) groups is 1. The number of carbonyl (C=O) groups excluding carboxylic acids is 1. The minimum atomic E-state index is -0.316. The van der Waals surface area contributed by atoms with Crippen LogP contribution in [-0.2, 0) is 4.79 Å². The third-order valence-corrected chi connectivity index (χ3v) is 4.58. The normalized spacial score (nSPS) is 14.4. The molecule has 0 saturated heterocycles. The minimum absolute atomic E-state index is 0.278. The molecular formula is C21H24NO3. The van der Waals surface area contributed by atoms with E-state index in [1.807, 2.05) is 43.3 Å². The Morgan fingerprint density at radius 2 is 1.88 bits per heavy atom. The van der Waals surface area contributed by atoms with Crippen molar-refractivity contribution in [3.63, 3.8) is 0 Å². The van der Waals surface area contributed by atoms with E-state index in [4.69, 9.17) is 9.47 Å². The predicted molar refractivity (Wildman–Crippen MR) is 100 cm³/mol. The van der Waals surface area contributed by atoms with Crippen LogP contribution in [0.3, 0.4) is 0 Å². The Morgan fingerprint density at radius 3 is 2.52 bits per heavy atom. The Balaban J connectivity index is 1.90. The number of nitrogens with one attached hydrogen (secondary N) is 1. The minimum Gasteiger partial charge on any atom is -0.493 e. The van der Waals surface area contributed by atoms with Gasteiger partial charge in [0, 0.05) is 12.6 Å². The molecule has 0 aliphatic heterocycles. The standard InChI is InChI=1S/C21H24NO3/c1-14-12-17(22-15(2)23)9-10-19(14)16-8-11-20(24-3)21(13-16)25-18-6-4-5-7-18/h8-13,18H,2,4-7H2,1,3H3,(H,22,23). The van der Waals surface area contributed by atoms with Crippen molar-refractivity contribution in [2.24, 2.45) is 0 Å². The van der Waals surface area contributed by atoms with Crippen LogP contribution in [0.4, 0.5) is 5.69 Å². The number of methoxy groups -OCH3 is 1. The van der Waals surface area contributed by atoms with Gasteiger partial charge >= 0.3 is 0 Å². The Labute approximate surface area is 149 Å². The van der Waals surface area contributed by atoms with E-state index in [9.17, 15) is 4.79 Å². The van der Waals surface area contributed by atoms with Gasteiger partial charge in [-0.15, -0.1) is 0 Å². The number of aryl methyl sites for hydroxylation is 1. The van der Waals surface area contributed by atoms with Crippen LogP contribution in [0.15, 0.2) is 36.4 Å². The van der Waals surface area contributed by atoms with Gasteiger partial charge in [-0.25, -0.2) is 0 Å². The van der Waals surface area contributed by atoms with Crippen LogP contribution in [0.2, 0.25) is 0 Å². The summed E-state index contributed by atoms with van der Waals surface area (Å²) in [6.45, 7) is 5.37. The smallest absolute Gasteiger partial charge is 0.224 e. The molecule has 0 bridgehead atoms. The zero-order chi connectivity index (χ0) is 17.8. The SMILES string of the molecule is [CH2]C(=O)Nc1ccc(-c2ccc(OC)c(OC3CCCC3)c2)c(C)c1. The summed E-state index contributed by atoms with van der Waals surface area (Å²) in [7, 11) is 1.66. The number of hydrogen-bond donors (Lipinski definition) is 1. The van der Waals surface area contributed by atoms with Crippen LogP contribution in [-0.4, -0.2) is 19.1 Å². The molecule has 0 spiro atoms. The quantitative estimate of drug-likeness (QED) is 0.854. The van der Waals surface area contributed by atoms with E-state index in [-0.39, 0.29) is 12.0 Å². The third-order valence-electron chi connectivity index (χ3n) is 4.58. The lowest BCUT2D eigenvalue weighted by Gasteiger charge is -2.17. The van der Waals surface area contributed by atoms with Crippen LogP contribution < -0.4 is 14.8 Å². The van der Waals surface area contributed by atoms with Gasteiger partial charge in [-0.1, -0.05) is 12.1 Å². The lowest BCUT2D eigenvalue weighted by molar-refractivity contribution is -0.112. The molecule has 1 aliphatic rings. The van der Waals surface area contributed by atoms with E-state index >= 15 is 0 Å². The summed E-state index contributed by atoms with van der Waals surface area (Å²) in [5, 5.41) is 2.71. The summed E-state index contributed by atoms with van der Waals surface area (Å²) in [6, 6.07) is 11.8. The fourth-order valence-electron chi connectivity index (χ4n) is 3.35. The van der Waals surface area contributed by atoms with Gasteiger partial charge in [0.15, 0.2) is 11.5 Å². The molecule has 1 radical (unpaired) electrons. The Bertz CT molecular complexity index is 764. The van der Waals surface area contributed by atoms with E-state index in [0.717, 1.165) is 46.7 Å². The Morgan fingerprint density at radius 1 is 1.12 bits per heavy atom. The molecule has 4 nitrogen and oxygen atoms in total. The fraction of sp³-hybridized carbons (Fsp3) is 0.333. The fourth-order valence-corrected chi connectivity index (χ4v) is 3.35. The summed E-state index contributed by atoms with van der Waals surface area (Å²) in [5.74, 6) is 1.24. The highest BCUT2D eigenvalue weighted by molar-refractivity contribution is 5.94. The van der Waals surface area contributed by atoms with Gasteiger partial charge in [0.2, 0.25) is 5.91 Å². The van der Waals surface area contributed by atoms with E-state index in [0.29, 0.717) is 0 Å². The summed E-state index contributed by atoms with van der Waals surface area (Å²) >= 11 is 0. The monoisotopic (exact) mass is 338 g/mol. The highest BCUT2D eigenvalue weighted by Crippen LogP contribution is 2.36. The van der Waals surface area contributed by atoms with Crippen LogP contribution >= 0.6 is 0 Å². The number of rotatable bonds is 5. The van der Waals surface area contributed by atoms with Gasteiger partial charge in [0.25, 0.3) is 0 Å². The second kappa shape index (κ2) is 7.60. The van der Waals surface area contributed by atoms with Crippen molar-refractivity contribution >= 4 is 11.6 Å². The molecule has 1 saturated carbocycles. The largest absolute Gasteiger partial charge is 0.493 e. The third kappa shape index (κ3) is 4.13. The second-order valence-electron chi connectivity index (χ2n) is 6.47. The first-order valence-electron chi connectivity index (χ1n) is 8.65. The average Bonchev–Trinajstić information content (AvgIpc) is 3.07.